The third-order valence-corrected chi connectivity index (χ3v) is 2.40. The molecular formula is C11H14ClNO2. The number of ether oxygens (including phenoxy) is 1. The Morgan fingerprint density at radius 1 is 1.40 bits per heavy atom. The van der Waals surface area contributed by atoms with Gasteiger partial charge in [0.2, 0.25) is 0 Å². The molecule has 0 saturated carbocycles. The number of nitrogens with two attached hydrogens (primary N) is 1. The van der Waals surface area contributed by atoms with Crippen molar-refractivity contribution in [1.82, 2.24) is 0 Å². The molecule has 0 fully saturated rings. The highest BCUT2D eigenvalue weighted by Crippen LogP contribution is 2.25. The second-order valence-electron chi connectivity index (χ2n) is 3.69. The number of fused-ring (bicyclic) bond motifs is 1. The number of esters is 1. The van der Waals surface area contributed by atoms with E-state index >= 15 is 0 Å². The molecule has 0 radical (unpaired) electrons. The van der Waals surface area contributed by atoms with Crippen LogP contribution in [0.4, 0.5) is 0 Å². The van der Waals surface area contributed by atoms with Crippen LogP contribution in [-0.2, 0) is 17.6 Å². The number of benzene rings is 1. The van der Waals surface area contributed by atoms with Crippen LogP contribution < -0.4 is 10.5 Å². The van der Waals surface area contributed by atoms with Gasteiger partial charge in [0.15, 0.2) is 0 Å². The van der Waals surface area contributed by atoms with E-state index in [4.69, 9.17) is 10.5 Å². The summed E-state index contributed by atoms with van der Waals surface area (Å²) in [7, 11) is 0. The van der Waals surface area contributed by atoms with Gasteiger partial charge in [0.1, 0.15) is 5.75 Å². The SMILES string of the molecule is CC(=O)Oc1ccc2c(c1)CC(N)C2.Cl. The summed E-state index contributed by atoms with van der Waals surface area (Å²) in [4.78, 5) is 10.7. The first-order valence-corrected chi connectivity index (χ1v) is 4.71. The van der Waals surface area contributed by atoms with Gasteiger partial charge in [0, 0.05) is 13.0 Å². The van der Waals surface area contributed by atoms with Gasteiger partial charge >= 0.3 is 5.97 Å². The Kier molecular flexibility index (Phi) is 3.72. The summed E-state index contributed by atoms with van der Waals surface area (Å²) in [6, 6.07) is 5.93. The quantitative estimate of drug-likeness (QED) is 0.584. The maximum Gasteiger partial charge on any atom is 0.308 e. The molecule has 0 heterocycles. The van der Waals surface area contributed by atoms with Gasteiger partial charge in [-0.25, -0.2) is 0 Å². The zero-order valence-electron chi connectivity index (χ0n) is 8.53. The molecule has 0 bridgehead atoms. The Balaban J connectivity index is 0.00000112. The number of halogens is 1. The first kappa shape index (κ1) is 12.0. The lowest BCUT2D eigenvalue weighted by Gasteiger charge is -2.03. The highest BCUT2D eigenvalue weighted by Gasteiger charge is 2.18. The van der Waals surface area contributed by atoms with E-state index in [-0.39, 0.29) is 24.4 Å². The molecule has 2 N–H and O–H groups in total. The van der Waals surface area contributed by atoms with E-state index in [1.807, 2.05) is 18.2 Å². The first-order chi connectivity index (χ1) is 6.65. The Morgan fingerprint density at radius 3 is 2.73 bits per heavy atom. The molecule has 1 aromatic carbocycles. The molecule has 15 heavy (non-hydrogen) atoms. The van der Waals surface area contributed by atoms with E-state index < -0.39 is 0 Å². The highest BCUT2D eigenvalue weighted by molar-refractivity contribution is 5.85. The number of carbonyl (C=O) groups excluding carboxylic acids is 1. The normalized spacial score (nSPS) is 17.9. The van der Waals surface area contributed by atoms with E-state index in [1.54, 1.807) is 0 Å². The highest BCUT2D eigenvalue weighted by atomic mass is 35.5. The van der Waals surface area contributed by atoms with Crippen LogP contribution >= 0.6 is 12.4 Å². The van der Waals surface area contributed by atoms with Crippen LogP contribution in [0.3, 0.4) is 0 Å². The van der Waals surface area contributed by atoms with Crippen molar-refractivity contribution >= 4 is 18.4 Å². The summed E-state index contributed by atoms with van der Waals surface area (Å²) >= 11 is 0. The lowest BCUT2D eigenvalue weighted by Crippen LogP contribution is -2.18. The fourth-order valence-electron chi connectivity index (χ4n) is 1.86. The molecule has 0 amide bonds. The first-order valence-electron chi connectivity index (χ1n) is 4.71. The molecule has 1 aliphatic carbocycles. The van der Waals surface area contributed by atoms with Crippen LogP contribution in [0.1, 0.15) is 18.1 Å². The smallest absolute Gasteiger partial charge is 0.308 e. The molecule has 0 spiro atoms. The van der Waals surface area contributed by atoms with Crippen molar-refractivity contribution in [2.75, 3.05) is 0 Å². The van der Waals surface area contributed by atoms with Gasteiger partial charge in [-0.15, -0.1) is 12.4 Å². The van der Waals surface area contributed by atoms with Crippen molar-refractivity contribution in [2.45, 2.75) is 25.8 Å². The van der Waals surface area contributed by atoms with Crippen LogP contribution in [-0.4, -0.2) is 12.0 Å². The molecular weight excluding hydrogens is 214 g/mol. The zero-order chi connectivity index (χ0) is 10.1. The Morgan fingerprint density at radius 2 is 2.07 bits per heavy atom. The van der Waals surface area contributed by atoms with Crippen molar-refractivity contribution in [3.63, 3.8) is 0 Å². The lowest BCUT2D eigenvalue weighted by atomic mass is 10.1. The summed E-state index contributed by atoms with van der Waals surface area (Å²) in [5.74, 6) is 0.331. The average molecular weight is 228 g/mol. The monoisotopic (exact) mass is 227 g/mol. The molecule has 0 saturated heterocycles. The average Bonchev–Trinajstić information content (AvgIpc) is 2.42. The molecule has 4 heteroatoms. The van der Waals surface area contributed by atoms with Crippen LogP contribution in [0.15, 0.2) is 18.2 Å². The molecule has 82 valence electrons. The molecule has 2 rings (SSSR count). The van der Waals surface area contributed by atoms with Crippen molar-refractivity contribution < 1.29 is 9.53 Å². The summed E-state index contributed by atoms with van der Waals surface area (Å²) in [6.45, 7) is 1.40. The van der Waals surface area contributed by atoms with Crippen LogP contribution in [0.2, 0.25) is 0 Å². The van der Waals surface area contributed by atoms with Gasteiger partial charge in [0.25, 0.3) is 0 Å². The molecule has 1 aromatic rings. The molecule has 3 nitrogen and oxygen atoms in total. The third-order valence-electron chi connectivity index (χ3n) is 2.40. The van der Waals surface area contributed by atoms with Crippen molar-refractivity contribution in [3.8, 4) is 5.75 Å². The molecule has 0 aliphatic heterocycles. The number of rotatable bonds is 1. The molecule has 0 aromatic heterocycles. The second kappa shape index (κ2) is 4.64. The topological polar surface area (TPSA) is 52.3 Å². The van der Waals surface area contributed by atoms with Crippen LogP contribution in [0.25, 0.3) is 0 Å². The van der Waals surface area contributed by atoms with Gasteiger partial charge in [-0.3, -0.25) is 4.79 Å². The van der Waals surface area contributed by atoms with Gasteiger partial charge in [0.05, 0.1) is 0 Å². The van der Waals surface area contributed by atoms with E-state index in [9.17, 15) is 4.79 Å². The van der Waals surface area contributed by atoms with Crippen LogP contribution in [0, 0.1) is 0 Å². The lowest BCUT2D eigenvalue weighted by molar-refractivity contribution is -0.131. The summed E-state index contributed by atoms with van der Waals surface area (Å²) < 4.78 is 4.99. The van der Waals surface area contributed by atoms with Crippen molar-refractivity contribution in [1.29, 1.82) is 0 Å². The largest absolute Gasteiger partial charge is 0.427 e. The zero-order valence-corrected chi connectivity index (χ0v) is 9.34. The number of carbonyl (C=O) groups is 1. The number of hydrogen-bond acceptors (Lipinski definition) is 3. The molecule has 1 atom stereocenters. The predicted molar refractivity (Wildman–Crippen MR) is 60.4 cm³/mol. The van der Waals surface area contributed by atoms with Gasteiger partial charge in [-0.2, -0.15) is 0 Å². The minimum atomic E-state index is -0.285. The maximum absolute atomic E-state index is 10.7. The number of hydrogen-bond donors (Lipinski definition) is 1. The standard InChI is InChI=1S/C11H13NO2.ClH/c1-7(13)14-11-3-2-8-4-10(12)5-9(8)6-11;/h2-3,6,10H,4-5,12H2,1H3;1H. The predicted octanol–water partition coefficient (Wildman–Crippen LogP) is 1.46. The summed E-state index contributed by atoms with van der Waals surface area (Å²) in [5, 5.41) is 0. The van der Waals surface area contributed by atoms with Crippen molar-refractivity contribution in [3.05, 3.63) is 29.3 Å². The Bertz CT molecular complexity index is 379. The molecule has 1 unspecified atom stereocenters. The van der Waals surface area contributed by atoms with Gasteiger partial charge < -0.3 is 10.5 Å². The minimum Gasteiger partial charge on any atom is -0.427 e. The van der Waals surface area contributed by atoms with Crippen molar-refractivity contribution in [2.24, 2.45) is 5.73 Å². The van der Waals surface area contributed by atoms with E-state index in [1.165, 1.54) is 18.1 Å². The Hall–Kier alpha value is -1.06. The fourth-order valence-corrected chi connectivity index (χ4v) is 1.86. The third kappa shape index (κ3) is 2.70. The Labute approximate surface area is 95.0 Å². The van der Waals surface area contributed by atoms with Gasteiger partial charge in [-0.05, 0) is 36.1 Å². The minimum absolute atomic E-state index is 0. The van der Waals surface area contributed by atoms with Crippen LogP contribution in [0.5, 0.6) is 5.75 Å². The summed E-state index contributed by atoms with van der Waals surface area (Å²) in [6.07, 6.45) is 1.81. The fraction of sp³-hybridized carbons (Fsp3) is 0.364. The van der Waals surface area contributed by atoms with E-state index in [0.717, 1.165) is 12.8 Å². The second-order valence-corrected chi connectivity index (χ2v) is 3.69. The maximum atomic E-state index is 10.7. The van der Waals surface area contributed by atoms with Gasteiger partial charge in [-0.1, -0.05) is 6.07 Å². The molecule has 1 aliphatic rings. The van der Waals surface area contributed by atoms with E-state index in [2.05, 4.69) is 0 Å². The summed E-state index contributed by atoms with van der Waals surface area (Å²) in [5.41, 5.74) is 8.31. The van der Waals surface area contributed by atoms with E-state index in [0.29, 0.717) is 5.75 Å².